The lowest BCUT2D eigenvalue weighted by Crippen LogP contribution is -2.11. The van der Waals surface area contributed by atoms with E-state index in [9.17, 15) is 18.0 Å². The van der Waals surface area contributed by atoms with Crippen molar-refractivity contribution in [3.63, 3.8) is 0 Å². The molecule has 0 aliphatic carbocycles. The van der Waals surface area contributed by atoms with Crippen LogP contribution in [0.15, 0.2) is 5.16 Å². The van der Waals surface area contributed by atoms with E-state index in [2.05, 4.69) is 10.2 Å². The van der Waals surface area contributed by atoms with Gasteiger partial charge in [0.2, 0.25) is 5.95 Å². The van der Waals surface area contributed by atoms with Gasteiger partial charge in [0.25, 0.3) is 0 Å². The maximum Gasteiger partial charge on any atom is 0.389 e. The number of alkyl halides is 3. The molecule has 0 spiro atoms. The van der Waals surface area contributed by atoms with E-state index in [-0.39, 0.29) is 29.8 Å². The Morgan fingerprint density at radius 1 is 1.44 bits per heavy atom. The molecule has 0 radical (unpaired) electrons. The van der Waals surface area contributed by atoms with Crippen LogP contribution in [-0.4, -0.2) is 37.8 Å². The third-order valence-electron chi connectivity index (χ3n) is 1.91. The highest BCUT2D eigenvalue weighted by Crippen LogP contribution is 2.23. The Kier molecular flexibility index (Phi) is 4.82. The summed E-state index contributed by atoms with van der Waals surface area (Å²) in [6, 6.07) is 0. The molecule has 1 aromatic rings. The van der Waals surface area contributed by atoms with Crippen LogP contribution in [0.5, 0.6) is 0 Å². The third kappa shape index (κ3) is 4.82. The van der Waals surface area contributed by atoms with Gasteiger partial charge in [0.1, 0.15) is 0 Å². The number of nitrogen functional groups attached to an aromatic ring is 1. The zero-order valence-corrected chi connectivity index (χ0v) is 9.96. The lowest BCUT2D eigenvalue weighted by Gasteiger charge is -2.08. The van der Waals surface area contributed by atoms with Crippen molar-refractivity contribution >= 4 is 23.7 Å². The molecule has 0 saturated heterocycles. The highest BCUT2D eigenvalue weighted by molar-refractivity contribution is 7.99. The molecule has 3 N–H and O–H groups in total. The van der Waals surface area contributed by atoms with Gasteiger partial charge >= 0.3 is 12.1 Å². The van der Waals surface area contributed by atoms with Crippen LogP contribution in [-0.2, 0) is 11.3 Å². The van der Waals surface area contributed by atoms with E-state index in [1.54, 1.807) is 0 Å². The predicted octanol–water partition coefficient (Wildman–Crippen LogP) is 1.38. The largest absolute Gasteiger partial charge is 0.481 e. The summed E-state index contributed by atoms with van der Waals surface area (Å²) < 4.78 is 37.2. The fourth-order valence-electron chi connectivity index (χ4n) is 1.18. The molecule has 0 atom stereocenters. The molecule has 0 unspecified atom stereocenters. The molecule has 0 aliphatic heterocycles. The molecule has 0 bridgehead atoms. The normalized spacial score (nSPS) is 11.7. The number of carboxylic acids is 1. The molecule has 102 valence electrons. The number of nitrogens with zero attached hydrogens (tertiary/aromatic N) is 3. The van der Waals surface area contributed by atoms with Crippen LogP contribution in [0.3, 0.4) is 0 Å². The minimum absolute atomic E-state index is 0.000293. The first-order chi connectivity index (χ1) is 8.29. The van der Waals surface area contributed by atoms with E-state index in [0.29, 0.717) is 0 Å². The Hall–Kier alpha value is -1.45. The van der Waals surface area contributed by atoms with Gasteiger partial charge in [0.05, 0.1) is 5.75 Å². The van der Waals surface area contributed by atoms with Gasteiger partial charge in [-0.15, -0.1) is 10.2 Å². The minimum atomic E-state index is -4.23. The van der Waals surface area contributed by atoms with Crippen molar-refractivity contribution in [3.05, 3.63) is 0 Å². The van der Waals surface area contributed by atoms with Crippen molar-refractivity contribution in [2.45, 2.75) is 30.7 Å². The summed E-state index contributed by atoms with van der Waals surface area (Å²) in [5.74, 6) is -1.33. The van der Waals surface area contributed by atoms with Gasteiger partial charge in [-0.05, 0) is 6.42 Å². The number of hydrogen-bond donors (Lipinski definition) is 2. The number of hydrogen-bond acceptors (Lipinski definition) is 5. The molecule has 0 fully saturated rings. The molecule has 6 nitrogen and oxygen atoms in total. The zero-order valence-electron chi connectivity index (χ0n) is 9.15. The average Bonchev–Trinajstić information content (AvgIpc) is 2.56. The Morgan fingerprint density at radius 3 is 2.67 bits per heavy atom. The molecule has 1 aromatic heterocycles. The highest BCUT2D eigenvalue weighted by atomic mass is 32.2. The number of aliphatic carboxylic acids is 1. The number of anilines is 1. The first-order valence-corrected chi connectivity index (χ1v) is 5.88. The summed E-state index contributed by atoms with van der Waals surface area (Å²) in [7, 11) is 0. The maximum absolute atomic E-state index is 12.0. The molecule has 1 rings (SSSR count). The summed E-state index contributed by atoms with van der Waals surface area (Å²) in [6.45, 7) is 0.000293. The lowest BCUT2D eigenvalue weighted by molar-refractivity contribution is -0.136. The number of halogens is 3. The van der Waals surface area contributed by atoms with Crippen molar-refractivity contribution in [3.8, 4) is 0 Å². The molecule has 0 aromatic carbocycles. The first-order valence-electron chi connectivity index (χ1n) is 4.89. The summed E-state index contributed by atoms with van der Waals surface area (Å²) in [5.41, 5.74) is 5.44. The number of thioether (sulfide) groups is 1. The van der Waals surface area contributed by atoms with Gasteiger partial charge < -0.3 is 10.8 Å². The number of carboxylic acid groups (broad SMARTS) is 1. The highest BCUT2D eigenvalue weighted by Gasteiger charge is 2.26. The average molecular weight is 284 g/mol. The van der Waals surface area contributed by atoms with Crippen LogP contribution in [0.25, 0.3) is 0 Å². The SMILES string of the molecule is Nc1nnc(SCC(=O)O)n1CCCC(F)(F)F. The lowest BCUT2D eigenvalue weighted by atomic mass is 10.3. The van der Waals surface area contributed by atoms with Crippen LogP contribution < -0.4 is 5.73 Å². The first kappa shape index (κ1) is 14.6. The second-order valence-electron chi connectivity index (χ2n) is 3.39. The molecule has 0 saturated carbocycles. The number of carbonyl (C=O) groups is 1. The van der Waals surface area contributed by atoms with E-state index < -0.39 is 18.6 Å². The molecule has 1 heterocycles. The van der Waals surface area contributed by atoms with Gasteiger partial charge in [-0.3, -0.25) is 9.36 Å². The van der Waals surface area contributed by atoms with Crippen molar-refractivity contribution < 1.29 is 23.1 Å². The topological polar surface area (TPSA) is 94.0 Å². The van der Waals surface area contributed by atoms with Crippen LogP contribution in [0.2, 0.25) is 0 Å². The summed E-state index contributed by atoms with van der Waals surface area (Å²) in [6.07, 6.45) is -5.32. The maximum atomic E-state index is 12.0. The number of aromatic nitrogens is 3. The van der Waals surface area contributed by atoms with Crippen LogP contribution in [0.4, 0.5) is 19.1 Å². The standard InChI is InChI=1S/C8H11F3N4O2S/c9-8(10,11)2-1-3-15-6(12)13-14-7(15)18-4-5(16)17/h1-4H2,(H2,12,13)(H,16,17). The van der Waals surface area contributed by atoms with Crippen molar-refractivity contribution in [1.29, 1.82) is 0 Å². The fraction of sp³-hybridized carbons (Fsp3) is 0.625. The van der Waals surface area contributed by atoms with Gasteiger partial charge in [-0.25, -0.2) is 0 Å². The third-order valence-corrected chi connectivity index (χ3v) is 2.86. The fourth-order valence-corrected chi connectivity index (χ4v) is 1.87. The van der Waals surface area contributed by atoms with Gasteiger partial charge in [-0.2, -0.15) is 13.2 Å². The Balaban J connectivity index is 2.58. The Morgan fingerprint density at radius 2 is 2.11 bits per heavy atom. The monoisotopic (exact) mass is 284 g/mol. The Labute approximate surface area is 104 Å². The quantitative estimate of drug-likeness (QED) is 0.766. The molecular formula is C8H11F3N4O2S. The van der Waals surface area contributed by atoms with E-state index in [1.165, 1.54) is 4.57 Å². The van der Waals surface area contributed by atoms with E-state index >= 15 is 0 Å². The smallest absolute Gasteiger partial charge is 0.389 e. The summed E-state index contributed by atoms with van der Waals surface area (Å²) in [4.78, 5) is 10.4. The van der Waals surface area contributed by atoms with Crippen molar-refractivity contribution in [2.24, 2.45) is 0 Å². The summed E-state index contributed by atoms with van der Waals surface area (Å²) in [5, 5.41) is 15.8. The van der Waals surface area contributed by atoms with E-state index in [1.807, 2.05) is 0 Å². The molecule has 10 heteroatoms. The van der Waals surface area contributed by atoms with E-state index in [0.717, 1.165) is 11.8 Å². The second kappa shape index (κ2) is 5.94. The molecular weight excluding hydrogens is 273 g/mol. The minimum Gasteiger partial charge on any atom is -0.481 e. The van der Waals surface area contributed by atoms with Gasteiger partial charge in [0, 0.05) is 13.0 Å². The van der Waals surface area contributed by atoms with Crippen LogP contribution >= 0.6 is 11.8 Å². The van der Waals surface area contributed by atoms with Crippen LogP contribution in [0.1, 0.15) is 12.8 Å². The summed E-state index contributed by atoms with van der Waals surface area (Å²) >= 11 is 0.862. The molecule has 0 amide bonds. The van der Waals surface area contributed by atoms with Crippen molar-refractivity contribution in [1.82, 2.24) is 14.8 Å². The Bertz CT molecular complexity index is 421. The van der Waals surface area contributed by atoms with Gasteiger partial charge in [-0.1, -0.05) is 11.8 Å². The van der Waals surface area contributed by atoms with Crippen molar-refractivity contribution in [2.75, 3.05) is 11.5 Å². The van der Waals surface area contributed by atoms with Gasteiger partial charge in [0.15, 0.2) is 5.16 Å². The second-order valence-corrected chi connectivity index (χ2v) is 4.34. The predicted molar refractivity (Wildman–Crippen MR) is 58.1 cm³/mol. The zero-order chi connectivity index (χ0) is 13.8. The molecule has 18 heavy (non-hydrogen) atoms. The number of nitrogens with two attached hydrogens (primary N) is 1. The molecule has 0 aliphatic rings. The van der Waals surface area contributed by atoms with Crippen LogP contribution in [0, 0.1) is 0 Å². The number of rotatable bonds is 6. The van der Waals surface area contributed by atoms with E-state index in [4.69, 9.17) is 10.8 Å².